The van der Waals surface area contributed by atoms with Gasteiger partial charge in [0.2, 0.25) is 11.8 Å². The molecule has 172 valence electrons. The summed E-state index contributed by atoms with van der Waals surface area (Å²) in [5.41, 5.74) is 7.07. The van der Waals surface area contributed by atoms with Crippen molar-refractivity contribution in [1.29, 1.82) is 0 Å². The molecule has 2 atom stereocenters. The number of hydrogen-bond acceptors (Lipinski definition) is 4. The summed E-state index contributed by atoms with van der Waals surface area (Å²) in [6.45, 7) is 3.92. The number of amides is 3. The van der Waals surface area contributed by atoms with Crippen molar-refractivity contribution in [3.05, 3.63) is 69.2 Å². The molecule has 0 saturated heterocycles. The molecule has 2 aromatic carbocycles. The van der Waals surface area contributed by atoms with E-state index in [1.165, 1.54) is 0 Å². The molecule has 4 N–H and O–H groups in total. The number of hydrogen-bond donors (Lipinski definition) is 3. The summed E-state index contributed by atoms with van der Waals surface area (Å²) in [6, 6.07) is 12.5. The Bertz CT molecular complexity index is 940. The van der Waals surface area contributed by atoms with Crippen molar-refractivity contribution in [1.82, 2.24) is 10.6 Å². The molecule has 0 saturated carbocycles. The number of primary amides is 1. The van der Waals surface area contributed by atoms with Crippen molar-refractivity contribution in [2.24, 2.45) is 11.7 Å². The Balaban J connectivity index is 2.04. The Hall–Kier alpha value is -2.58. The van der Waals surface area contributed by atoms with Gasteiger partial charge in [-0.2, -0.15) is 0 Å². The number of alkyl carbamates (subject to hydrolysis) is 1. The first-order chi connectivity index (χ1) is 15.2. The standard InChI is InChI=1S/C23H27BrClN3O4/c1-14(2)10-20(28-23(31)32-13-15-6-4-3-5-7-15)22(30)27-19(21(26)29)12-16-11-17(25)8-9-18(16)24/h3-9,11,14,19-20H,10,12-13H2,1-2H3,(H2,26,29)(H,27,30)(H,28,31)/t19-,20-/m0/s1. The summed E-state index contributed by atoms with van der Waals surface area (Å²) >= 11 is 9.45. The highest BCUT2D eigenvalue weighted by Gasteiger charge is 2.27. The summed E-state index contributed by atoms with van der Waals surface area (Å²) in [5.74, 6) is -1.10. The molecular formula is C23H27BrClN3O4. The second kappa shape index (κ2) is 12.5. The third-order valence-electron chi connectivity index (χ3n) is 4.62. The van der Waals surface area contributed by atoms with Crippen LogP contribution in [0.4, 0.5) is 4.79 Å². The van der Waals surface area contributed by atoms with Crippen molar-refractivity contribution in [3.63, 3.8) is 0 Å². The molecule has 0 aliphatic heterocycles. The fraction of sp³-hybridized carbons (Fsp3) is 0.348. The first-order valence-electron chi connectivity index (χ1n) is 10.2. The fourth-order valence-corrected chi connectivity index (χ4v) is 3.63. The predicted octanol–water partition coefficient (Wildman–Crippen LogP) is 3.96. The highest BCUT2D eigenvalue weighted by atomic mass is 79.9. The third-order valence-corrected chi connectivity index (χ3v) is 5.63. The van der Waals surface area contributed by atoms with Crippen LogP contribution in [0.1, 0.15) is 31.4 Å². The van der Waals surface area contributed by atoms with E-state index in [1.54, 1.807) is 18.2 Å². The van der Waals surface area contributed by atoms with Crippen LogP contribution >= 0.6 is 27.5 Å². The van der Waals surface area contributed by atoms with Gasteiger partial charge in [-0.3, -0.25) is 9.59 Å². The average molecular weight is 525 g/mol. The lowest BCUT2D eigenvalue weighted by Crippen LogP contribution is -2.54. The maximum absolute atomic E-state index is 12.9. The summed E-state index contributed by atoms with van der Waals surface area (Å²) in [7, 11) is 0. The van der Waals surface area contributed by atoms with E-state index in [2.05, 4.69) is 26.6 Å². The second-order valence-corrected chi connectivity index (χ2v) is 9.08. The van der Waals surface area contributed by atoms with Gasteiger partial charge in [0.25, 0.3) is 0 Å². The SMILES string of the molecule is CC(C)C[C@H](NC(=O)OCc1ccccc1)C(=O)N[C@@H](Cc1cc(Cl)ccc1Br)C(N)=O. The third kappa shape index (κ3) is 8.51. The normalized spacial score (nSPS) is 12.7. The van der Waals surface area contributed by atoms with Crippen LogP contribution in [0.2, 0.25) is 5.02 Å². The van der Waals surface area contributed by atoms with Gasteiger partial charge in [0.1, 0.15) is 18.7 Å². The van der Waals surface area contributed by atoms with E-state index in [1.807, 2.05) is 44.2 Å². The van der Waals surface area contributed by atoms with Crippen LogP contribution in [0.3, 0.4) is 0 Å². The van der Waals surface area contributed by atoms with Crippen molar-refractivity contribution in [2.45, 2.75) is 45.4 Å². The number of nitrogens with one attached hydrogen (secondary N) is 2. The number of halogens is 2. The summed E-state index contributed by atoms with van der Waals surface area (Å²) in [5, 5.41) is 5.74. The predicted molar refractivity (Wildman–Crippen MR) is 127 cm³/mol. The monoisotopic (exact) mass is 523 g/mol. The molecule has 9 heteroatoms. The number of nitrogens with two attached hydrogens (primary N) is 1. The zero-order valence-corrected chi connectivity index (χ0v) is 20.3. The van der Waals surface area contributed by atoms with Crippen LogP contribution in [0.5, 0.6) is 0 Å². The lowest BCUT2D eigenvalue weighted by Gasteiger charge is -2.23. The van der Waals surface area contributed by atoms with Crippen molar-refractivity contribution in [3.8, 4) is 0 Å². The van der Waals surface area contributed by atoms with E-state index in [0.29, 0.717) is 11.4 Å². The minimum Gasteiger partial charge on any atom is -0.445 e. The number of benzene rings is 2. The van der Waals surface area contributed by atoms with Crippen molar-refractivity contribution >= 4 is 45.4 Å². The van der Waals surface area contributed by atoms with Gasteiger partial charge in [0.05, 0.1) is 0 Å². The van der Waals surface area contributed by atoms with Crippen LogP contribution < -0.4 is 16.4 Å². The second-order valence-electron chi connectivity index (χ2n) is 7.79. The van der Waals surface area contributed by atoms with E-state index >= 15 is 0 Å². The van der Waals surface area contributed by atoms with Gasteiger partial charge in [0, 0.05) is 15.9 Å². The minimum absolute atomic E-state index is 0.0788. The zero-order valence-electron chi connectivity index (χ0n) is 17.9. The Morgan fingerprint density at radius 2 is 1.75 bits per heavy atom. The van der Waals surface area contributed by atoms with E-state index < -0.39 is 30.0 Å². The Morgan fingerprint density at radius 3 is 2.38 bits per heavy atom. The molecule has 0 aliphatic carbocycles. The van der Waals surface area contributed by atoms with E-state index in [-0.39, 0.29) is 18.9 Å². The van der Waals surface area contributed by atoms with Gasteiger partial charge < -0.3 is 21.1 Å². The molecule has 0 aromatic heterocycles. The molecule has 7 nitrogen and oxygen atoms in total. The van der Waals surface area contributed by atoms with Gasteiger partial charge in [-0.05, 0) is 41.7 Å². The van der Waals surface area contributed by atoms with Gasteiger partial charge in [-0.1, -0.05) is 71.7 Å². The van der Waals surface area contributed by atoms with Crippen molar-refractivity contribution < 1.29 is 19.1 Å². The topological polar surface area (TPSA) is 111 Å². The highest BCUT2D eigenvalue weighted by molar-refractivity contribution is 9.10. The molecule has 0 unspecified atom stereocenters. The molecule has 0 spiro atoms. The summed E-state index contributed by atoms with van der Waals surface area (Å²) in [6.07, 6.45) is -0.212. The minimum atomic E-state index is -0.978. The number of carbonyl (C=O) groups excluding carboxylic acids is 3. The van der Waals surface area contributed by atoms with Crippen LogP contribution in [-0.4, -0.2) is 30.0 Å². The average Bonchev–Trinajstić information content (AvgIpc) is 2.74. The molecule has 0 bridgehead atoms. The van der Waals surface area contributed by atoms with Crippen LogP contribution in [0, 0.1) is 5.92 Å². The zero-order chi connectivity index (χ0) is 23.7. The lowest BCUT2D eigenvalue weighted by molar-refractivity contribution is -0.128. The van der Waals surface area contributed by atoms with Crippen LogP contribution in [0.15, 0.2) is 53.0 Å². The molecule has 0 heterocycles. The van der Waals surface area contributed by atoms with Gasteiger partial charge in [-0.15, -0.1) is 0 Å². The molecule has 32 heavy (non-hydrogen) atoms. The molecule has 2 aromatic rings. The van der Waals surface area contributed by atoms with Crippen LogP contribution in [-0.2, 0) is 27.4 Å². The highest BCUT2D eigenvalue weighted by Crippen LogP contribution is 2.22. The Labute approximate surface area is 201 Å². The lowest BCUT2D eigenvalue weighted by atomic mass is 10.0. The first-order valence-corrected chi connectivity index (χ1v) is 11.3. The summed E-state index contributed by atoms with van der Waals surface area (Å²) < 4.78 is 5.96. The number of rotatable bonds is 10. The number of ether oxygens (including phenoxy) is 1. The number of carbonyl (C=O) groups is 3. The molecule has 0 radical (unpaired) electrons. The van der Waals surface area contributed by atoms with E-state index in [0.717, 1.165) is 15.6 Å². The Kier molecular flexibility index (Phi) is 9.99. The maximum atomic E-state index is 12.9. The first kappa shape index (κ1) is 25.7. The van der Waals surface area contributed by atoms with Crippen LogP contribution in [0.25, 0.3) is 0 Å². The van der Waals surface area contributed by atoms with Crippen molar-refractivity contribution in [2.75, 3.05) is 0 Å². The molecule has 0 fully saturated rings. The molecule has 0 aliphatic rings. The largest absolute Gasteiger partial charge is 0.445 e. The quantitative estimate of drug-likeness (QED) is 0.437. The molecule has 3 amide bonds. The maximum Gasteiger partial charge on any atom is 0.408 e. The van der Waals surface area contributed by atoms with E-state index in [9.17, 15) is 14.4 Å². The molecule has 2 rings (SSSR count). The van der Waals surface area contributed by atoms with Gasteiger partial charge in [0.15, 0.2) is 0 Å². The summed E-state index contributed by atoms with van der Waals surface area (Å²) in [4.78, 5) is 37.2. The van der Waals surface area contributed by atoms with E-state index in [4.69, 9.17) is 22.1 Å². The molecular weight excluding hydrogens is 498 g/mol. The van der Waals surface area contributed by atoms with Gasteiger partial charge in [-0.25, -0.2) is 4.79 Å². The Morgan fingerprint density at radius 1 is 1.06 bits per heavy atom. The fourth-order valence-electron chi connectivity index (χ4n) is 3.02. The van der Waals surface area contributed by atoms with Gasteiger partial charge >= 0.3 is 6.09 Å². The smallest absolute Gasteiger partial charge is 0.408 e.